The summed E-state index contributed by atoms with van der Waals surface area (Å²) in [6.07, 6.45) is 0. The fourth-order valence-corrected chi connectivity index (χ4v) is 2.44. The summed E-state index contributed by atoms with van der Waals surface area (Å²) >= 11 is 1.81. The summed E-state index contributed by atoms with van der Waals surface area (Å²) in [7, 11) is 1.74. The first-order valence-corrected chi connectivity index (χ1v) is 7.68. The molecule has 22 heavy (non-hydrogen) atoms. The van der Waals surface area contributed by atoms with E-state index < -0.39 is 0 Å². The monoisotopic (exact) mass is 433 g/mol. The normalized spacial score (nSPS) is 10.9. The molecule has 2 aromatic rings. The SMILES string of the molecule is CN=C(NCCSc1ccccc1)NCc1noc(C)n1.I. The minimum Gasteiger partial charge on any atom is -0.356 e. The molecule has 0 bridgehead atoms. The third kappa shape index (κ3) is 6.65. The quantitative estimate of drug-likeness (QED) is 0.240. The first-order chi connectivity index (χ1) is 10.3. The largest absolute Gasteiger partial charge is 0.356 e. The summed E-state index contributed by atoms with van der Waals surface area (Å²) in [5.41, 5.74) is 0. The van der Waals surface area contributed by atoms with Crippen molar-refractivity contribution in [2.24, 2.45) is 4.99 Å². The number of hydrogen-bond donors (Lipinski definition) is 2. The smallest absolute Gasteiger partial charge is 0.223 e. The molecule has 0 saturated heterocycles. The number of thioether (sulfide) groups is 1. The Balaban J connectivity index is 0.00000242. The Morgan fingerprint density at radius 2 is 2.05 bits per heavy atom. The number of aryl methyl sites for hydroxylation is 1. The Kier molecular flexibility index (Phi) is 8.90. The van der Waals surface area contributed by atoms with E-state index in [0.717, 1.165) is 18.3 Å². The van der Waals surface area contributed by atoms with E-state index in [1.54, 1.807) is 25.7 Å². The van der Waals surface area contributed by atoms with Gasteiger partial charge in [-0.05, 0) is 12.1 Å². The van der Waals surface area contributed by atoms with Gasteiger partial charge in [-0.1, -0.05) is 23.4 Å². The molecular weight excluding hydrogens is 413 g/mol. The molecule has 6 nitrogen and oxygen atoms in total. The van der Waals surface area contributed by atoms with Crippen LogP contribution in [-0.2, 0) is 6.54 Å². The number of guanidine groups is 1. The van der Waals surface area contributed by atoms with Crippen molar-refractivity contribution in [1.29, 1.82) is 0 Å². The highest BCUT2D eigenvalue weighted by Crippen LogP contribution is 2.15. The molecule has 0 aliphatic heterocycles. The summed E-state index contributed by atoms with van der Waals surface area (Å²) < 4.78 is 4.91. The fourth-order valence-electron chi connectivity index (χ4n) is 1.65. The molecule has 1 heterocycles. The van der Waals surface area contributed by atoms with Crippen LogP contribution in [-0.4, -0.2) is 35.4 Å². The molecule has 2 N–H and O–H groups in total. The van der Waals surface area contributed by atoms with Crippen LogP contribution in [0.1, 0.15) is 11.7 Å². The zero-order valence-corrected chi connectivity index (χ0v) is 15.7. The van der Waals surface area contributed by atoms with Gasteiger partial charge in [0.15, 0.2) is 11.8 Å². The molecule has 120 valence electrons. The van der Waals surface area contributed by atoms with Gasteiger partial charge >= 0.3 is 0 Å². The van der Waals surface area contributed by atoms with Crippen LogP contribution in [0.5, 0.6) is 0 Å². The molecule has 1 aromatic heterocycles. The van der Waals surface area contributed by atoms with Gasteiger partial charge in [0, 0.05) is 31.2 Å². The molecule has 0 spiro atoms. The molecule has 2 rings (SSSR count). The second-order valence-corrected chi connectivity index (χ2v) is 5.41. The zero-order chi connectivity index (χ0) is 14.9. The van der Waals surface area contributed by atoms with Crippen molar-refractivity contribution >= 4 is 41.7 Å². The second-order valence-electron chi connectivity index (χ2n) is 4.24. The summed E-state index contributed by atoms with van der Waals surface area (Å²) in [6.45, 7) is 3.08. The minimum atomic E-state index is 0. The number of nitrogens with zero attached hydrogens (tertiary/aromatic N) is 3. The fraction of sp³-hybridized carbons (Fsp3) is 0.357. The van der Waals surface area contributed by atoms with Gasteiger partial charge < -0.3 is 15.2 Å². The maximum absolute atomic E-state index is 4.91. The van der Waals surface area contributed by atoms with Crippen LogP contribution in [0.4, 0.5) is 0 Å². The predicted molar refractivity (Wildman–Crippen MR) is 99.8 cm³/mol. The summed E-state index contributed by atoms with van der Waals surface area (Å²) in [6, 6.07) is 10.3. The highest BCUT2D eigenvalue weighted by Gasteiger charge is 2.03. The van der Waals surface area contributed by atoms with Crippen molar-refractivity contribution in [3.63, 3.8) is 0 Å². The molecule has 0 fully saturated rings. The molecule has 0 unspecified atom stereocenters. The van der Waals surface area contributed by atoms with Crippen molar-refractivity contribution in [3.05, 3.63) is 42.0 Å². The zero-order valence-electron chi connectivity index (χ0n) is 12.6. The van der Waals surface area contributed by atoms with Crippen LogP contribution in [0.3, 0.4) is 0 Å². The predicted octanol–water partition coefficient (Wildman–Crippen LogP) is 2.45. The number of nitrogens with one attached hydrogen (secondary N) is 2. The van der Waals surface area contributed by atoms with E-state index in [9.17, 15) is 0 Å². The molecule has 0 amide bonds. The van der Waals surface area contributed by atoms with Crippen LogP contribution in [0.2, 0.25) is 0 Å². The summed E-state index contributed by atoms with van der Waals surface area (Å²) in [5.74, 6) is 2.88. The lowest BCUT2D eigenvalue weighted by atomic mass is 10.4. The van der Waals surface area contributed by atoms with Crippen LogP contribution < -0.4 is 10.6 Å². The Morgan fingerprint density at radius 3 is 2.68 bits per heavy atom. The van der Waals surface area contributed by atoms with Gasteiger partial charge in [-0.15, -0.1) is 35.7 Å². The van der Waals surface area contributed by atoms with E-state index in [4.69, 9.17) is 4.52 Å². The molecular formula is C14H20IN5OS. The molecule has 0 radical (unpaired) electrons. The molecule has 0 atom stereocenters. The summed E-state index contributed by atoms with van der Waals surface area (Å²) in [5, 5.41) is 10.2. The third-order valence-electron chi connectivity index (χ3n) is 2.61. The molecule has 0 saturated carbocycles. The van der Waals surface area contributed by atoms with E-state index >= 15 is 0 Å². The van der Waals surface area contributed by atoms with Crippen LogP contribution in [0.25, 0.3) is 0 Å². The maximum atomic E-state index is 4.91. The lowest BCUT2D eigenvalue weighted by Gasteiger charge is -2.10. The number of rotatable bonds is 6. The Morgan fingerprint density at radius 1 is 1.27 bits per heavy atom. The van der Waals surface area contributed by atoms with E-state index in [-0.39, 0.29) is 24.0 Å². The van der Waals surface area contributed by atoms with Gasteiger partial charge in [0.25, 0.3) is 0 Å². The topological polar surface area (TPSA) is 75.3 Å². The van der Waals surface area contributed by atoms with Gasteiger partial charge in [0.2, 0.25) is 5.89 Å². The van der Waals surface area contributed by atoms with Gasteiger partial charge in [0.05, 0.1) is 6.54 Å². The lowest BCUT2D eigenvalue weighted by molar-refractivity contribution is 0.387. The van der Waals surface area contributed by atoms with E-state index in [1.807, 2.05) is 18.2 Å². The molecule has 8 heteroatoms. The first kappa shape index (κ1) is 18.8. The highest BCUT2D eigenvalue weighted by atomic mass is 127. The average Bonchev–Trinajstić information content (AvgIpc) is 2.93. The minimum absolute atomic E-state index is 0. The molecule has 0 aliphatic carbocycles. The van der Waals surface area contributed by atoms with Crippen molar-refractivity contribution in [3.8, 4) is 0 Å². The number of halogens is 1. The van der Waals surface area contributed by atoms with E-state index in [0.29, 0.717) is 18.3 Å². The molecule has 1 aromatic carbocycles. The van der Waals surface area contributed by atoms with Crippen molar-refractivity contribution in [1.82, 2.24) is 20.8 Å². The van der Waals surface area contributed by atoms with Crippen molar-refractivity contribution < 1.29 is 4.52 Å². The van der Waals surface area contributed by atoms with E-state index in [1.165, 1.54) is 4.90 Å². The summed E-state index contributed by atoms with van der Waals surface area (Å²) in [4.78, 5) is 9.55. The standard InChI is InChI=1S/C14H19N5OS.HI/c1-11-18-13(19-20-11)10-17-14(15-2)16-8-9-21-12-6-4-3-5-7-12;/h3-7H,8-10H2,1-2H3,(H2,15,16,17);1H. The number of aromatic nitrogens is 2. The molecule has 0 aliphatic rings. The van der Waals surface area contributed by atoms with Crippen molar-refractivity contribution in [2.45, 2.75) is 18.4 Å². The lowest BCUT2D eigenvalue weighted by Crippen LogP contribution is -2.38. The first-order valence-electron chi connectivity index (χ1n) is 6.69. The Hall–Kier alpha value is -1.29. The number of benzene rings is 1. The van der Waals surface area contributed by atoms with Crippen LogP contribution in [0.15, 0.2) is 44.7 Å². The number of hydrogen-bond acceptors (Lipinski definition) is 5. The van der Waals surface area contributed by atoms with Gasteiger partial charge in [-0.2, -0.15) is 4.98 Å². The van der Waals surface area contributed by atoms with Crippen LogP contribution in [0, 0.1) is 6.92 Å². The van der Waals surface area contributed by atoms with Gasteiger partial charge in [-0.25, -0.2) is 0 Å². The van der Waals surface area contributed by atoms with E-state index in [2.05, 4.69) is 37.9 Å². The Labute approximate surface area is 151 Å². The third-order valence-corrected chi connectivity index (χ3v) is 3.63. The van der Waals surface area contributed by atoms with Gasteiger partial charge in [0.1, 0.15) is 0 Å². The maximum Gasteiger partial charge on any atom is 0.223 e. The highest BCUT2D eigenvalue weighted by molar-refractivity contribution is 14.0. The second kappa shape index (κ2) is 10.4. The Bertz CT molecular complexity index is 576. The van der Waals surface area contributed by atoms with Crippen molar-refractivity contribution in [2.75, 3.05) is 19.3 Å². The van der Waals surface area contributed by atoms with Gasteiger partial charge in [-0.3, -0.25) is 4.99 Å². The average molecular weight is 433 g/mol. The van der Waals surface area contributed by atoms with Crippen LogP contribution >= 0.6 is 35.7 Å². The number of aliphatic imine (C=N–C) groups is 1.